The van der Waals surface area contributed by atoms with Crippen molar-refractivity contribution < 1.29 is 0 Å². The lowest BCUT2D eigenvalue weighted by atomic mass is 10.2. The van der Waals surface area contributed by atoms with Crippen LogP contribution in [-0.4, -0.2) is 0 Å². The van der Waals surface area contributed by atoms with Crippen molar-refractivity contribution in [2.24, 2.45) is 0 Å². The van der Waals surface area contributed by atoms with E-state index < -0.39 is 0 Å². The zero-order valence-electron chi connectivity index (χ0n) is 8.52. The molecule has 0 spiro atoms. The lowest BCUT2D eigenvalue weighted by molar-refractivity contribution is 1.50. The van der Waals surface area contributed by atoms with E-state index in [2.05, 4.69) is 77.0 Å². The first-order valence-electron chi connectivity index (χ1n) is 4.85. The van der Waals surface area contributed by atoms with Gasteiger partial charge in [0.05, 0.1) is 0 Å². The van der Waals surface area contributed by atoms with Crippen LogP contribution in [0.4, 0.5) is 0 Å². The average Bonchev–Trinajstić information content (AvgIpc) is 2.29. The van der Waals surface area contributed by atoms with Crippen LogP contribution in [0.5, 0.6) is 0 Å². The number of aryl methyl sites for hydroxylation is 1. The third-order valence-corrected chi connectivity index (χ3v) is 6.15. The number of rotatable bonds is 2. The van der Waals surface area contributed by atoms with Crippen molar-refractivity contribution in [3.05, 3.63) is 60.2 Å². The molecule has 0 amide bonds. The fourth-order valence-electron chi connectivity index (χ4n) is 1.46. The Balaban J connectivity index is 2.32. The van der Waals surface area contributed by atoms with Gasteiger partial charge in [-0.2, -0.15) is 0 Å². The van der Waals surface area contributed by atoms with Gasteiger partial charge >= 0.3 is 0 Å². The maximum atomic E-state index is 3.79. The highest BCUT2D eigenvalue weighted by atomic mass is 79.9. The molecule has 0 heterocycles. The summed E-state index contributed by atoms with van der Waals surface area (Å²) < 4.78 is 0. The van der Waals surface area contributed by atoms with Crippen molar-refractivity contribution in [1.82, 2.24) is 0 Å². The number of hydrogen-bond donors (Lipinski definition) is 0. The molecule has 0 N–H and O–H groups in total. The summed E-state index contributed by atoms with van der Waals surface area (Å²) in [4.78, 5) is 0. The minimum absolute atomic E-state index is 0.374. The molecule has 2 aromatic rings. The molecule has 2 heteroatoms. The summed E-state index contributed by atoms with van der Waals surface area (Å²) in [6.45, 7) is 1.76. The van der Waals surface area contributed by atoms with Gasteiger partial charge in [-0.1, -0.05) is 60.2 Å². The van der Waals surface area contributed by atoms with E-state index in [1.807, 2.05) is 0 Å². The summed E-state index contributed by atoms with van der Waals surface area (Å²) >= 11 is 3.79. The Labute approximate surface area is 99.8 Å². The van der Waals surface area contributed by atoms with Crippen LogP contribution in [0.15, 0.2) is 54.6 Å². The average molecular weight is 279 g/mol. The van der Waals surface area contributed by atoms with Crippen molar-refractivity contribution in [2.45, 2.75) is 6.92 Å². The van der Waals surface area contributed by atoms with Gasteiger partial charge in [-0.3, -0.25) is 0 Å². The van der Waals surface area contributed by atoms with Gasteiger partial charge in [0, 0.05) is 6.62 Å². The van der Waals surface area contributed by atoms with Gasteiger partial charge in [0.2, 0.25) is 0 Å². The monoisotopic (exact) mass is 278 g/mol. The standard InChI is InChI=1S/C13H12BrP/c1-11-6-5-9-13(10-11)15(14)12-7-3-2-4-8-12/h2-10H,1H3. The predicted molar refractivity (Wildman–Crippen MR) is 72.7 cm³/mol. The first-order chi connectivity index (χ1) is 7.27. The Morgan fingerprint density at radius 2 is 1.53 bits per heavy atom. The van der Waals surface area contributed by atoms with Crippen LogP contribution in [0, 0.1) is 6.92 Å². The second-order valence-corrected chi connectivity index (χ2v) is 7.18. The molecule has 0 nitrogen and oxygen atoms in total. The maximum Gasteiger partial charge on any atom is 0.0265 e. The van der Waals surface area contributed by atoms with Gasteiger partial charge in [-0.25, -0.2) is 0 Å². The zero-order valence-corrected chi connectivity index (χ0v) is 11.0. The number of hydrogen-bond acceptors (Lipinski definition) is 0. The Kier molecular flexibility index (Phi) is 3.56. The molecule has 15 heavy (non-hydrogen) atoms. The largest absolute Gasteiger partial charge is 0.0622 e. The van der Waals surface area contributed by atoms with Crippen LogP contribution in [0.25, 0.3) is 0 Å². The molecule has 0 fully saturated rings. The third kappa shape index (κ3) is 2.68. The van der Waals surface area contributed by atoms with Crippen molar-refractivity contribution in [3.63, 3.8) is 0 Å². The van der Waals surface area contributed by atoms with Crippen LogP contribution >= 0.6 is 22.1 Å². The molecule has 0 bridgehead atoms. The van der Waals surface area contributed by atoms with E-state index in [1.54, 1.807) is 0 Å². The Hall–Kier alpha value is -0.650. The van der Waals surface area contributed by atoms with Crippen LogP contribution < -0.4 is 10.6 Å². The molecule has 0 saturated carbocycles. The van der Waals surface area contributed by atoms with E-state index >= 15 is 0 Å². The predicted octanol–water partition coefficient (Wildman–Crippen LogP) is 3.74. The first-order valence-corrected chi connectivity index (χ1v) is 8.21. The Morgan fingerprint density at radius 3 is 2.20 bits per heavy atom. The summed E-state index contributed by atoms with van der Waals surface area (Å²) in [5.41, 5.74) is 1.32. The second-order valence-electron chi connectivity index (χ2n) is 3.46. The lowest BCUT2D eigenvalue weighted by Gasteiger charge is -2.10. The van der Waals surface area contributed by atoms with Crippen molar-refractivity contribution >= 4 is 32.7 Å². The van der Waals surface area contributed by atoms with Crippen LogP contribution in [0.2, 0.25) is 0 Å². The van der Waals surface area contributed by atoms with Crippen LogP contribution in [0.1, 0.15) is 5.56 Å². The van der Waals surface area contributed by atoms with Crippen molar-refractivity contribution in [1.29, 1.82) is 0 Å². The van der Waals surface area contributed by atoms with Gasteiger partial charge in [0.25, 0.3) is 0 Å². The van der Waals surface area contributed by atoms with Gasteiger partial charge in [0.15, 0.2) is 0 Å². The molecule has 2 rings (SSSR count). The summed E-state index contributed by atoms with van der Waals surface area (Å²) in [5.74, 6) is 0. The zero-order chi connectivity index (χ0) is 10.7. The fraction of sp³-hybridized carbons (Fsp3) is 0.0769. The molecular weight excluding hydrogens is 267 g/mol. The van der Waals surface area contributed by atoms with Crippen LogP contribution in [0.3, 0.4) is 0 Å². The second kappa shape index (κ2) is 4.92. The quantitative estimate of drug-likeness (QED) is 0.735. The van der Waals surface area contributed by atoms with E-state index in [1.165, 1.54) is 16.2 Å². The molecule has 0 aliphatic rings. The van der Waals surface area contributed by atoms with Crippen molar-refractivity contribution in [2.75, 3.05) is 0 Å². The lowest BCUT2D eigenvalue weighted by Crippen LogP contribution is -2.07. The molecule has 0 radical (unpaired) electrons. The highest BCUT2D eigenvalue weighted by Gasteiger charge is 2.08. The highest BCUT2D eigenvalue weighted by molar-refractivity contribution is 9.40. The minimum Gasteiger partial charge on any atom is -0.0622 e. The van der Waals surface area contributed by atoms with E-state index in [0.717, 1.165) is 0 Å². The molecule has 0 saturated heterocycles. The first kappa shape index (κ1) is 10.9. The molecule has 76 valence electrons. The molecule has 0 aliphatic carbocycles. The van der Waals surface area contributed by atoms with Crippen molar-refractivity contribution in [3.8, 4) is 0 Å². The molecule has 1 atom stereocenters. The minimum atomic E-state index is -0.374. The molecular formula is C13H12BrP. The van der Waals surface area contributed by atoms with E-state index in [4.69, 9.17) is 0 Å². The van der Waals surface area contributed by atoms with Gasteiger partial charge in [-0.15, -0.1) is 0 Å². The highest BCUT2D eigenvalue weighted by Crippen LogP contribution is 2.41. The summed E-state index contributed by atoms with van der Waals surface area (Å²) in [6.07, 6.45) is 0. The summed E-state index contributed by atoms with van der Waals surface area (Å²) in [5, 5.41) is 2.73. The molecule has 2 aromatic carbocycles. The Morgan fingerprint density at radius 1 is 0.867 bits per heavy atom. The van der Waals surface area contributed by atoms with E-state index in [-0.39, 0.29) is 6.62 Å². The Bertz CT molecular complexity index is 439. The topological polar surface area (TPSA) is 0 Å². The number of benzene rings is 2. The third-order valence-electron chi connectivity index (χ3n) is 2.21. The van der Waals surface area contributed by atoms with E-state index in [9.17, 15) is 0 Å². The maximum absolute atomic E-state index is 3.79. The molecule has 0 aromatic heterocycles. The van der Waals surface area contributed by atoms with Gasteiger partial charge in [0.1, 0.15) is 0 Å². The van der Waals surface area contributed by atoms with Crippen LogP contribution in [-0.2, 0) is 0 Å². The normalized spacial score (nSPS) is 12.4. The summed E-state index contributed by atoms with van der Waals surface area (Å²) in [6, 6.07) is 19.2. The smallest absolute Gasteiger partial charge is 0.0265 e. The SMILES string of the molecule is Cc1cccc(P(Br)c2ccccc2)c1. The number of halogens is 1. The van der Waals surface area contributed by atoms with Gasteiger partial charge in [-0.05, 0) is 33.0 Å². The molecule has 1 unspecified atom stereocenters. The van der Waals surface area contributed by atoms with E-state index in [0.29, 0.717) is 0 Å². The molecule has 0 aliphatic heterocycles. The fourth-order valence-corrected chi connectivity index (χ4v) is 4.10. The van der Waals surface area contributed by atoms with Gasteiger partial charge < -0.3 is 0 Å². The summed E-state index contributed by atoms with van der Waals surface area (Å²) in [7, 11) is 0.